The molecule has 0 bridgehead atoms. The average molecular weight is 279 g/mol. The highest BCUT2D eigenvalue weighted by atomic mass is 16.5. The number of aryl methyl sites for hydroxylation is 1. The van der Waals surface area contributed by atoms with Gasteiger partial charge in [-0.2, -0.15) is 4.98 Å². The second-order valence-corrected chi connectivity index (χ2v) is 4.56. The molecule has 0 fully saturated rings. The number of carbonyl (C=O) groups excluding carboxylic acids is 1. The zero-order chi connectivity index (χ0) is 14.5. The lowest BCUT2D eigenvalue weighted by atomic mass is 10.2. The van der Waals surface area contributed by atoms with Crippen molar-refractivity contribution >= 4 is 5.91 Å². The number of likely N-dealkylation sites (N-methyl/N-ethyl adjacent to an activating group) is 1. The number of carbonyl (C=O) groups is 1. The van der Waals surface area contributed by atoms with E-state index in [0.29, 0.717) is 18.1 Å². The monoisotopic (exact) mass is 279 g/mol. The SMILES string of the molecule is CC(CO)N(C)C(=O)CCc1nc(-c2ccoc2)no1. The number of amides is 1. The van der Waals surface area contributed by atoms with Crippen LogP contribution in [0, 0.1) is 0 Å². The molecule has 0 saturated heterocycles. The third-order valence-corrected chi connectivity index (χ3v) is 3.12. The Labute approximate surface area is 116 Å². The van der Waals surface area contributed by atoms with E-state index in [4.69, 9.17) is 14.0 Å². The van der Waals surface area contributed by atoms with E-state index in [9.17, 15) is 4.79 Å². The van der Waals surface area contributed by atoms with E-state index in [1.54, 1.807) is 20.0 Å². The number of hydrogen-bond acceptors (Lipinski definition) is 6. The molecule has 20 heavy (non-hydrogen) atoms. The topological polar surface area (TPSA) is 92.6 Å². The van der Waals surface area contributed by atoms with E-state index in [2.05, 4.69) is 10.1 Å². The number of aliphatic hydroxyl groups excluding tert-OH is 1. The minimum Gasteiger partial charge on any atom is -0.472 e. The summed E-state index contributed by atoms with van der Waals surface area (Å²) >= 11 is 0. The number of furan rings is 1. The van der Waals surface area contributed by atoms with E-state index in [1.807, 2.05) is 0 Å². The van der Waals surface area contributed by atoms with Gasteiger partial charge in [-0.1, -0.05) is 5.16 Å². The Balaban J connectivity index is 1.90. The molecule has 7 heteroatoms. The average Bonchev–Trinajstić information content (AvgIpc) is 3.13. The fourth-order valence-corrected chi connectivity index (χ4v) is 1.62. The Morgan fingerprint density at radius 3 is 3.00 bits per heavy atom. The summed E-state index contributed by atoms with van der Waals surface area (Å²) in [7, 11) is 1.66. The lowest BCUT2D eigenvalue weighted by Crippen LogP contribution is -2.37. The molecular weight excluding hydrogens is 262 g/mol. The molecule has 0 radical (unpaired) electrons. The molecule has 7 nitrogen and oxygen atoms in total. The van der Waals surface area contributed by atoms with Crippen LogP contribution in [0.3, 0.4) is 0 Å². The summed E-state index contributed by atoms with van der Waals surface area (Å²) < 4.78 is 10.0. The second-order valence-electron chi connectivity index (χ2n) is 4.56. The minimum atomic E-state index is -0.202. The van der Waals surface area contributed by atoms with Crippen LogP contribution in [0.4, 0.5) is 0 Å². The molecule has 0 spiro atoms. The molecule has 2 aromatic rings. The van der Waals surface area contributed by atoms with Crippen molar-refractivity contribution in [3.63, 3.8) is 0 Å². The fourth-order valence-electron chi connectivity index (χ4n) is 1.62. The minimum absolute atomic E-state index is 0.0621. The highest BCUT2D eigenvalue weighted by molar-refractivity contribution is 5.76. The first-order chi connectivity index (χ1) is 9.61. The Morgan fingerprint density at radius 2 is 2.35 bits per heavy atom. The predicted octanol–water partition coefficient (Wildman–Crippen LogP) is 1.10. The molecule has 0 aliphatic heterocycles. The summed E-state index contributed by atoms with van der Waals surface area (Å²) in [4.78, 5) is 17.6. The van der Waals surface area contributed by atoms with Gasteiger partial charge in [0.25, 0.3) is 0 Å². The van der Waals surface area contributed by atoms with Crippen LogP contribution in [0.15, 0.2) is 27.5 Å². The van der Waals surface area contributed by atoms with Crippen molar-refractivity contribution in [3.8, 4) is 11.4 Å². The van der Waals surface area contributed by atoms with Gasteiger partial charge in [0.15, 0.2) is 0 Å². The number of nitrogens with zero attached hydrogens (tertiary/aromatic N) is 3. The van der Waals surface area contributed by atoms with Crippen molar-refractivity contribution in [2.75, 3.05) is 13.7 Å². The first-order valence-corrected chi connectivity index (χ1v) is 6.33. The Morgan fingerprint density at radius 1 is 1.55 bits per heavy atom. The van der Waals surface area contributed by atoms with Crippen molar-refractivity contribution in [1.29, 1.82) is 0 Å². The summed E-state index contributed by atoms with van der Waals surface area (Å²) in [6.45, 7) is 1.72. The van der Waals surface area contributed by atoms with Crippen LogP contribution in [0.1, 0.15) is 19.2 Å². The molecule has 2 heterocycles. The van der Waals surface area contributed by atoms with Crippen molar-refractivity contribution in [3.05, 3.63) is 24.5 Å². The van der Waals surface area contributed by atoms with Gasteiger partial charge in [0, 0.05) is 19.9 Å². The van der Waals surface area contributed by atoms with E-state index in [1.165, 1.54) is 17.4 Å². The quantitative estimate of drug-likeness (QED) is 0.851. The number of aromatic nitrogens is 2. The predicted molar refractivity (Wildman–Crippen MR) is 69.6 cm³/mol. The van der Waals surface area contributed by atoms with Gasteiger partial charge in [0.1, 0.15) is 6.26 Å². The number of hydrogen-bond donors (Lipinski definition) is 1. The van der Waals surface area contributed by atoms with Gasteiger partial charge in [-0.25, -0.2) is 0 Å². The molecule has 2 rings (SSSR count). The zero-order valence-corrected chi connectivity index (χ0v) is 11.4. The Bertz CT molecular complexity index is 550. The van der Waals surface area contributed by atoms with Crippen LogP contribution in [-0.2, 0) is 11.2 Å². The van der Waals surface area contributed by atoms with Crippen molar-refractivity contribution in [2.24, 2.45) is 0 Å². The maximum atomic E-state index is 11.9. The van der Waals surface area contributed by atoms with Gasteiger partial charge < -0.3 is 18.9 Å². The van der Waals surface area contributed by atoms with Crippen LogP contribution in [0.2, 0.25) is 0 Å². The molecule has 1 atom stereocenters. The van der Waals surface area contributed by atoms with Gasteiger partial charge in [0.2, 0.25) is 17.6 Å². The first kappa shape index (κ1) is 14.3. The van der Waals surface area contributed by atoms with Crippen molar-refractivity contribution in [2.45, 2.75) is 25.8 Å². The molecular formula is C13H17N3O4. The molecule has 0 aromatic carbocycles. The summed E-state index contributed by atoms with van der Waals surface area (Å²) in [5.74, 6) is 0.771. The van der Waals surface area contributed by atoms with Crippen LogP contribution in [0.25, 0.3) is 11.4 Å². The smallest absolute Gasteiger partial charge is 0.227 e. The third kappa shape index (κ3) is 3.24. The lowest BCUT2D eigenvalue weighted by Gasteiger charge is -2.22. The normalized spacial score (nSPS) is 12.3. The van der Waals surface area contributed by atoms with Crippen molar-refractivity contribution in [1.82, 2.24) is 15.0 Å². The lowest BCUT2D eigenvalue weighted by molar-refractivity contribution is -0.132. The van der Waals surface area contributed by atoms with Crippen molar-refractivity contribution < 1.29 is 18.8 Å². The van der Waals surface area contributed by atoms with Gasteiger partial charge in [-0.15, -0.1) is 0 Å². The molecule has 1 amide bonds. The maximum Gasteiger partial charge on any atom is 0.227 e. The molecule has 0 saturated carbocycles. The summed E-state index contributed by atoms with van der Waals surface area (Å²) in [5.41, 5.74) is 0.734. The van der Waals surface area contributed by atoms with E-state index >= 15 is 0 Å². The fraction of sp³-hybridized carbons (Fsp3) is 0.462. The summed E-state index contributed by atoms with van der Waals surface area (Å²) in [6.07, 6.45) is 3.68. The molecule has 2 aromatic heterocycles. The molecule has 108 valence electrons. The molecule has 1 unspecified atom stereocenters. The van der Waals surface area contributed by atoms with Gasteiger partial charge in [-0.3, -0.25) is 4.79 Å². The van der Waals surface area contributed by atoms with Crippen LogP contribution in [-0.4, -0.2) is 45.8 Å². The highest BCUT2D eigenvalue weighted by Gasteiger charge is 2.16. The van der Waals surface area contributed by atoms with E-state index in [-0.39, 0.29) is 25.0 Å². The molecule has 0 aliphatic carbocycles. The van der Waals surface area contributed by atoms with Gasteiger partial charge in [-0.05, 0) is 13.0 Å². The van der Waals surface area contributed by atoms with E-state index in [0.717, 1.165) is 5.56 Å². The third-order valence-electron chi connectivity index (χ3n) is 3.12. The first-order valence-electron chi connectivity index (χ1n) is 6.33. The Hall–Kier alpha value is -2.15. The number of rotatable bonds is 6. The largest absolute Gasteiger partial charge is 0.472 e. The van der Waals surface area contributed by atoms with Crippen LogP contribution >= 0.6 is 0 Å². The molecule has 0 aliphatic rings. The highest BCUT2D eigenvalue weighted by Crippen LogP contribution is 2.16. The summed E-state index contributed by atoms with van der Waals surface area (Å²) in [6, 6.07) is 1.53. The van der Waals surface area contributed by atoms with Gasteiger partial charge >= 0.3 is 0 Å². The molecule has 1 N–H and O–H groups in total. The standard InChI is InChI=1S/C13H17N3O4/c1-9(7-17)16(2)12(18)4-3-11-14-13(15-20-11)10-5-6-19-8-10/h5-6,8-9,17H,3-4,7H2,1-2H3. The van der Waals surface area contributed by atoms with Gasteiger partial charge in [0.05, 0.1) is 24.5 Å². The second kappa shape index (κ2) is 6.33. The zero-order valence-electron chi connectivity index (χ0n) is 11.4. The Kier molecular flexibility index (Phi) is 4.52. The van der Waals surface area contributed by atoms with Crippen LogP contribution < -0.4 is 0 Å². The number of aliphatic hydroxyl groups is 1. The maximum absolute atomic E-state index is 11.9. The van der Waals surface area contributed by atoms with E-state index < -0.39 is 0 Å². The summed E-state index contributed by atoms with van der Waals surface area (Å²) in [5, 5.41) is 12.8. The van der Waals surface area contributed by atoms with Crippen LogP contribution in [0.5, 0.6) is 0 Å².